The fraction of sp³-hybridized carbons (Fsp3) is 0.375. The number of primary amides is 1. The van der Waals surface area contributed by atoms with Crippen LogP contribution in [0.4, 0.5) is 4.79 Å². The number of nitrogens with two attached hydrogens (primary N) is 1. The molecular formula is C8H13N2NaO3. The van der Waals surface area contributed by atoms with Crippen LogP contribution in [-0.4, -0.2) is 16.3 Å². The minimum Gasteiger partial charge on any atom is -1.00 e. The Balaban J connectivity index is 0. The fourth-order valence-electron chi connectivity index (χ4n) is 0.989. The van der Waals surface area contributed by atoms with Gasteiger partial charge in [0, 0.05) is 0 Å². The maximum absolute atomic E-state index is 10.6. The summed E-state index contributed by atoms with van der Waals surface area (Å²) in [5.74, 6) is 1.22. The van der Waals surface area contributed by atoms with E-state index in [0.29, 0.717) is 10.8 Å². The van der Waals surface area contributed by atoms with Gasteiger partial charge in [0.1, 0.15) is 17.6 Å². The molecule has 0 fully saturated rings. The van der Waals surface area contributed by atoms with Crippen LogP contribution in [-0.2, 0) is 0 Å². The number of hydrogen-bond acceptors (Lipinski definition) is 3. The van der Waals surface area contributed by atoms with E-state index in [2.05, 4.69) is 0 Å². The van der Waals surface area contributed by atoms with Gasteiger partial charge >= 0.3 is 35.6 Å². The maximum atomic E-state index is 10.6. The molecule has 1 heterocycles. The summed E-state index contributed by atoms with van der Waals surface area (Å²) in [7, 11) is 0. The molecule has 3 N–H and O–H groups in total. The normalized spacial score (nSPS) is 11.6. The zero-order valence-electron chi connectivity index (χ0n) is 9.52. The monoisotopic (exact) mass is 208 g/mol. The summed E-state index contributed by atoms with van der Waals surface area (Å²) in [4.78, 5) is 10.6. The zero-order chi connectivity index (χ0) is 10.0. The smallest absolute Gasteiger partial charge is 1.00 e. The SMILES string of the molecule is Cc1ccc(C(C)N(O)C(N)=O)o1.[H-].[Na+]. The van der Waals surface area contributed by atoms with Crippen molar-refractivity contribution >= 4 is 6.03 Å². The summed E-state index contributed by atoms with van der Waals surface area (Å²) < 4.78 is 5.21. The molecule has 5 nitrogen and oxygen atoms in total. The van der Waals surface area contributed by atoms with Crippen LogP contribution in [0.3, 0.4) is 0 Å². The van der Waals surface area contributed by atoms with Gasteiger partial charge in [-0.15, -0.1) is 0 Å². The number of hydrogen-bond donors (Lipinski definition) is 2. The van der Waals surface area contributed by atoms with Crippen molar-refractivity contribution in [2.45, 2.75) is 19.9 Å². The molecule has 0 aliphatic carbocycles. The van der Waals surface area contributed by atoms with Crippen molar-refractivity contribution in [3.63, 3.8) is 0 Å². The molecular weight excluding hydrogens is 195 g/mol. The predicted molar refractivity (Wildman–Crippen MR) is 46.2 cm³/mol. The van der Waals surface area contributed by atoms with E-state index in [1.54, 1.807) is 26.0 Å². The van der Waals surface area contributed by atoms with Gasteiger partial charge in [-0.3, -0.25) is 5.21 Å². The predicted octanol–water partition coefficient (Wildman–Crippen LogP) is -1.46. The van der Waals surface area contributed by atoms with Crippen molar-refractivity contribution in [3.05, 3.63) is 23.7 Å². The van der Waals surface area contributed by atoms with E-state index in [1.807, 2.05) is 0 Å². The first kappa shape index (κ1) is 13.5. The molecule has 74 valence electrons. The molecule has 6 heteroatoms. The van der Waals surface area contributed by atoms with E-state index in [9.17, 15) is 4.79 Å². The average Bonchev–Trinajstić information content (AvgIpc) is 2.49. The maximum Gasteiger partial charge on any atom is 1.00 e. The second-order valence-corrected chi connectivity index (χ2v) is 2.81. The molecule has 0 radical (unpaired) electrons. The first-order valence-electron chi connectivity index (χ1n) is 3.86. The molecule has 0 bridgehead atoms. The molecule has 0 aromatic carbocycles. The minimum absolute atomic E-state index is 0. The molecule has 0 aliphatic heterocycles. The Morgan fingerprint density at radius 3 is 2.64 bits per heavy atom. The van der Waals surface area contributed by atoms with Crippen molar-refractivity contribution in [3.8, 4) is 0 Å². The van der Waals surface area contributed by atoms with Crippen LogP contribution in [0, 0.1) is 6.92 Å². The average molecular weight is 208 g/mol. The van der Waals surface area contributed by atoms with Crippen LogP contribution in [0.15, 0.2) is 16.5 Å². The minimum atomic E-state index is -0.901. The summed E-state index contributed by atoms with van der Waals surface area (Å²) in [6, 6.07) is 1.97. The quantitative estimate of drug-likeness (QED) is 0.354. The Morgan fingerprint density at radius 1 is 1.71 bits per heavy atom. The molecule has 1 atom stereocenters. The first-order valence-corrected chi connectivity index (χ1v) is 3.86. The third-order valence-corrected chi connectivity index (χ3v) is 1.77. The van der Waals surface area contributed by atoms with E-state index < -0.39 is 12.1 Å². The van der Waals surface area contributed by atoms with E-state index in [4.69, 9.17) is 15.4 Å². The van der Waals surface area contributed by atoms with Crippen molar-refractivity contribution in [2.24, 2.45) is 5.73 Å². The number of carbonyl (C=O) groups is 1. The van der Waals surface area contributed by atoms with E-state index in [0.717, 1.165) is 5.76 Å². The van der Waals surface area contributed by atoms with Gasteiger partial charge in [0.2, 0.25) is 0 Å². The van der Waals surface area contributed by atoms with Gasteiger partial charge in [-0.25, -0.2) is 4.79 Å². The number of rotatable bonds is 2. The molecule has 1 aromatic heterocycles. The summed E-state index contributed by atoms with van der Waals surface area (Å²) in [5.41, 5.74) is 4.88. The summed E-state index contributed by atoms with van der Waals surface area (Å²) in [6.07, 6.45) is 0. The van der Waals surface area contributed by atoms with E-state index in [-0.39, 0.29) is 31.0 Å². The standard InChI is InChI=1S/C8H12N2O3.Na.H/c1-5-3-4-7(13-5)6(2)10(12)8(9)11;;/h3-4,6,12H,1-2H3,(H2,9,11);;/q;+1;-1. The topological polar surface area (TPSA) is 79.7 Å². The third-order valence-electron chi connectivity index (χ3n) is 1.77. The Kier molecular flexibility index (Phi) is 5.22. The largest absolute Gasteiger partial charge is 1.00 e. The van der Waals surface area contributed by atoms with Gasteiger partial charge in [0.15, 0.2) is 0 Å². The van der Waals surface area contributed by atoms with Crippen LogP contribution >= 0.6 is 0 Å². The summed E-state index contributed by atoms with van der Waals surface area (Å²) >= 11 is 0. The van der Waals surface area contributed by atoms with Crippen LogP contribution < -0.4 is 35.3 Å². The second-order valence-electron chi connectivity index (χ2n) is 2.81. The number of hydroxylamine groups is 2. The van der Waals surface area contributed by atoms with Gasteiger partial charge in [0.25, 0.3) is 0 Å². The van der Waals surface area contributed by atoms with Gasteiger partial charge in [0.05, 0.1) is 0 Å². The van der Waals surface area contributed by atoms with Crippen LogP contribution in [0.5, 0.6) is 0 Å². The Morgan fingerprint density at radius 2 is 2.29 bits per heavy atom. The molecule has 1 unspecified atom stereocenters. The first-order chi connectivity index (χ1) is 6.02. The number of urea groups is 1. The van der Waals surface area contributed by atoms with Gasteiger partial charge in [-0.1, -0.05) is 0 Å². The van der Waals surface area contributed by atoms with E-state index >= 15 is 0 Å². The Labute approximate surface area is 106 Å². The van der Waals surface area contributed by atoms with Crippen molar-refractivity contribution < 1.29 is 45.4 Å². The number of nitrogens with zero attached hydrogens (tertiary/aromatic N) is 1. The van der Waals surface area contributed by atoms with Gasteiger partial charge in [-0.2, -0.15) is 5.06 Å². The number of furan rings is 1. The molecule has 0 aliphatic rings. The van der Waals surface area contributed by atoms with Crippen molar-refractivity contribution in [1.82, 2.24) is 5.06 Å². The molecule has 1 rings (SSSR count). The second kappa shape index (κ2) is 5.41. The Hall–Kier alpha value is -0.490. The van der Waals surface area contributed by atoms with Gasteiger partial charge < -0.3 is 11.6 Å². The summed E-state index contributed by atoms with van der Waals surface area (Å²) in [6.45, 7) is 3.39. The molecule has 2 amide bonds. The zero-order valence-corrected chi connectivity index (χ0v) is 10.5. The van der Waals surface area contributed by atoms with Crippen LogP contribution in [0.2, 0.25) is 0 Å². The fourth-order valence-corrected chi connectivity index (χ4v) is 0.989. The van der Waals surface area contributed by atoms with Crippen molar-refractivity contribution in [2.75, 3.05) is 0 Å². The summed E-state index contributed by atoms with van der Waals surface area (Å²) in [5, 5.41) is 9.59. The van der Waals surface area contributed by atoms with E-state index in [1.165, 1.54) is 0 Å². The third kappa shape index (κ3) is 3.02. The molecule has 0 saturated carbocycles. The number of aryl methyl sites for hydroxylation is 1. The number of amides is 2. The molecule has 1 aromatic rings. The molecule has 0 saturated heterocycles. The Bertz CT molecular complexity index is 319. The van der Waals surface area contributed by atoms with Crippen molar-refractivity contribution in [1.29, 1.82) is 0 Å². The van der Waals surface area contributed by atoms with Crippen LogP contribution in [0.25, 0.3) is 0 Å². The van der Waals surface area contributed by atoms with Crippen LogP contribution in [0.1, 0.15) is 25.9 Å². The van der Waals surface area contributed by atoms with Gasteiger partial charge in [-0.05, 0) is 26.0 Å². The number of carbonyl (C=O) groups excluding carboxylic acids is 1. The molecule has 14 heavy (non-hydrogen) atoms. The molecule has 0 spiro atoms.